The van der Waals surface area contributed by atoms with Gasteiger partial charge in [0.05, 0.1) is 6.54 Å². The summed E-state index contributed by atoms with van der Waals surface area (Å²) in [5.74, 6) is 1.06. The quantitative estimate of drug-likeness (QED) is 0.691. The molecule has 0 spiro atoms. The molecule has 1 amide bonds. The van der Waals surface area contributed by atoms with Crippen LogP contribution in [0.15, 0.2) is 0 Å². The minimum atomic E-state index is 0. The van der Waals surface area contributed by atoms with Gasteiger partial charge in [0.15, 0.2) is 0 Å². The van der Waals surface area contributed by atoms with Crippen molar-refractivity contribution in [2.24, 2.45) is 5.92 Å². The maximum atomic E-state index is 12.3. The van der Waals surface area contributed by atoms with Crippen LogP contribution < -0.4 is 10.6 Å². The van der Waals surface area contributed by atoms with E-state index in [1.807, 2.05) is 7.05 Å². The van der Waals surface area contributed by atoms with Crippen molar-refractivity contribution in [1.82, 2.24) is 20.4 Å². The zero-order valence-corrected chi connectivity index (χ0v) is 17.8. The van der Waals surface area contributed by atoms with E-state index < -0.39 is 0 Å². The first kappa shape index (κ1) is 24.9. The number of piperidine rings is 2. The minimum Gasteiger partial charge on any atom is -0.352 e. The Bertz CT molecular complexity index is 355. The zero-order valence-electron chi connectivity index (χ0n) is 16.1. The first-order valence-electron chi connectivity index (χ1n) is 9.49. The second kappa shape index (κ2) is 13.2. The maximum absolute atomic E-state index is 12.3. The third-order valence-electron chi connectivity index (χ3n) is 5.50. The number of halogens is 2. The minimum absolute atomic E-state index is 0. The maximum Gasteiger partial charge on any atom is 0.234 e. The van der Waals surface area contributed by atoms with E-state index in [0.717, 1.165) is 51.5 Å². The lowest BCUT2D eigenvalue weighted by Crippen LogP contribution is -2.49. The Morgan fingerprint density at radius 3 is 2.16 bits per heavy atom. The molecule has 2 saturated heterocycles. The highest BCUT2D eigenvalue weighted by atomic mass is 35.5. The van der Waals surface area contributed by atoms with Gasteiger partial charge >= 0.3 is 0 Å². The Labute approximate surface area is 166 Å². The van der Waals surface area contributed by atoms with Gasteiger partial charge in [-0.25, -0.2) is 0 Å². The molecule has 2 fully saturated rings. The van der Waals surface area contributed by atoms with E-state index in [1.54, 1.807) is 0 Å². The number of carbonyl (C=O) groups excluding carboxylic acids is 1. The number of likely N-dealkylation sites (tertiary alicyclic amines) is 2. The zero-order chi connectivity index (χ0) is 16.7. The van der Waals surface area contributed by atoms with Gasteiger partial charge in [-0.1, -0.05) is 0 Å². The van der Waals surface area contributed by atoms with E-state index in [9.17, 15) is 4.79 Å². The number of nitrogens with one attached hydrogen (secondary N) is 2. The number of carbonyl (C=O) groups is 1. The SMILES string of the molecule is CNCCC1CCN(CC(=O)NC2CCN(C(C)C)CC2)CC1.Cl.Cl. The molecule has 2 rings (SSSR count). The summed E-state index contributed by atoms with van der Waals surface area (Å²) in [5.41, 5.74) is 0. The molecule has 2 heterocycles. The van der Waals surface area contributed by atoms with Gasteiger partial charge in [0.1, 0.15) is 0 Å². The van der Waals surface area contributed by atoms with E-state index in [1.165, 1.54) is 19.3 Å². The molecule has 0 aromatic carbocycles. The molecule has 0 aromatic heterocycles. The summed E-state index contributed by atoms with van der Waals surface area (Å²) >= 11 is 0. The van der Waals surface area contributed by atoms with E-state index in [0.29, 0.717) is 18.6 Å². The molecule has 0 unspecified atom stereocenters. The Morgan fingerprint density at radius 1 is 1.04 bits per heavy atom. The van der Waals surface area contributed by atoms with Gasteiger partial charge < -0.3 is 15.5 Å². The lowest BCUT2D eigenvalue weighted by molar-refractivity contribution is -0.123. The number of hydrogen-bond donors (Lipinski definition) is 2. The van der Waals surface area contributed by atoms with Crippen LogP contribution in [-0.4, -0.2) is 74.1 Å². The van der Waals surface area contributed by atoms with Crippen LogP contribution in [0, 0.1) is 5.92 Å². The van der Waals surface area contributed by atoms with E-state index in [2.05, 4.69) is 34.3 Å². The summed E-state index contributed by atoms with van der Waals surface area (Å²) in [6.45, 7) is 10.6. The van der Waals surface area contributed by atoms with Crippen molar-refractivity contribution in [2.75, 3.05) is 46.3 Å². The molecule has 5 nitrogen and oxygen atoms in total. The second-order valence-corrected chi connectivity index (χ2v) is 7.58. The second-order valence-electron chi connectivity index (χ2n) is 7.58. The fraction of sp³-hybridized carbons (Fsp3) is 0.944. The molecule has 0 aliphatic carbocycles. The largest absolute Gasteiger partial charge is 0.352 e. The number of rotatable bonds is 7. The lowest BCUT2D eigenvalue weighted by atomic mass is 9.93. The molecule has 0 radical (unpaired) electrons. The van der Waals surface area contributed by atoms with Crippen LogP contribution in [0.4, 0.5) is 0 Å². The number of nitrogens with zero attached hydrogens (tertiary/aromatic N) is 2. The fourth-order valence-corrected chi connectivity index (χ4v) is 3.82. The molecular weight excluding hydrogens is 359 g/mol. The van der Waals surface area contributed by atoms with Gasteiger partial charge in [0, 0.05) is 25.2 Å². The Morgan fingerprint density at radius 2 is 1.64 bits per heavy atom. The highest BCUT2D eigenvalue weighted by Gasteiger charge is 2.24. The molecule has 0 bridgehead atoms. The average Bonchev–Trinajstić information content (AvgIpc) is 2.54. The molecule has 0 saturated carbocycles. The van der Waals surface area contributed by atoms with Gasteiger partial charge in [-0.15, -0.1) is 24.8 Å². The van der Waals surface area contributed by atoms with Crippen LogP contribution in [-0.2, 0) is 4.79 Å². The summed E-state index contributed by atoms with van der Waals surface area (Å²) in [6, 6.07) is 1.00. The summed E-state index contributed by atoms with van der Waals surface area (Å²) in [5, 5.41) is 6.49. The van der Waals surface area contributed by atoms with Crippen LogP contribution in [0.1, 0.15) is 46.0 Å². The fourth-order valence-electron chi connectivity index (χ4n) is 3.82. The molecule has 2 aliphatic rings. The molecule has 2 aliphatic heterocycles. The Kier molecular flexibility index (Phi) is 13.1. The number of hydrogen-bond acceptors (Lipinski definition) is 4. The van der Waals surface area contributed by atoms with Gasteiger partial charge in [-0.05, 0) is 78.6 Å². The standard InChI is InChI=1S/C18H36N4O.2ClH/c1-15(2)22-12-7-17(8-13-22)20-18(23)14-21-10-5-16(6-11-21)4-9-19-3;;/h15-17,19H,4-14H2,1-3H3,(H,20,23);2*1H. The summed E-state index contributed by atoms with van der Waals surface area (Å²) in [7, 11) is 2.02. The van der Waals surface area contributed by atoms with Gasteiger partial charge in [-0.2, -0.15) is 0 Å². The third kappa shape index (κ3) is 8.91. The molecular formula is C18H38Cl2N4O. The van der Waals surface area contributed by atoms with E-state index in [-0.39, 0.29) is 30.7 Å². The smallest absolute Gasteiger partial charge is 0.234 e. The predicted octanol–water partition coefficient (Wildman–Crippen LogP) is 2.14. The molecule has 150 valence electrons. The molecule has 0 atom stereocenters. The topological polar surface area (TPSA) is 47.6 Å². The summed E-state index contributed by atoms with van der Waals surface area (Å²) in [6.07, 6.45) is 5.93. The van der Waals surface area contributed by atoms with Crippen LogP contribution in [0.5, 0.6) is 0 Å². The first-order chi connectivity index (χ1) is 11.1. The van der Waals surface area contributed by atoms with E-state index in [4.69, 9.17) is 0 Å². The Balaban J connectivity index is 0.00000288. The summed E-state index contributed by atoms with van der Waals surface area (Å²) in [4.78, 5) is 17.1. The van der Waals surface area contributed by atoms with E-state index >= 15 is 0 Å². The first-order valence-corrected chi connectivity index (χ1v) is 9.49. The third-order valence-corrected chi connectivity index (χ3v) is 5.50. The average molecular weight is 397 g/mol. The van der Waals surface area contributed by atoms with Crippen molar-refractivity contribution in [2.45, 2.75) is 58.0 Å². The molecule has 7 heteroatoms. The van der Waals surface area contributed by atoms with Crippen LogP contribution in [0.2, 0.25) is 0 Å². The highest BCUT2D eigenvalue weighted by molar-refractivity contribution is 5.85. The van der Waals surface area contributed by atoms with Crippen molar-refractivity contribution in [3.8, 4) is 0 Å². The number of amides is 1. The molecule has 2 N–H and O–H groups in total. The van der Waals surface area contributed by atoms with Gasteiger partial charge in [0.25, 0.3) is 0 Å². The summed E-state index contributed by atoms with van der Waals surface area (Å²) < 4.78 is 0. The molecule has 0 aromatic rings. The van der Waals surface area contributed by atoms with Crippen LogP contribution in [0.3, 0.4) is 0 Å². The van der Waals surface area contributed by atoms with Gasteiger partial charge in [-0.3, -0.25) is 9.69 Å². The van der Waals surface area contributed by atoms with Crippen molar-refractivity contribution < 1.29 is 4.79 Å². The van der Waals surface area contributed by atoms with Crippen molar-refractivity contribution >= 4 is 30.7 Å². The monoisotopic (exact) mass is 396 g/mol. The normalized spacial score (nSPS) is 20.8. The van der Waals surface area contributed by atoms with Crippen molar-refractivity contribution in [3.05, 3.63) is 0 Å². The Hall–Kier alpha value is -0.0700. The van der Waals surface area contributed by atoms with Crippen molar-refractivity contribution in [1.29, 1.82) is 0 Å². The van der Waals surface area contributed by atoms with Crippen LogP contribution in [0.25, 0.3) is 0 Å². The predicted molar refractivity (Wildman–Crippen MR) is 110 cm³/mol. The van der Waals surface area contributed by atoms with Crippen molar-refractivity contribution in [3.63, 3.8) is 0 Å². The molecule has 25 heavy (non-hydrogen) atoms. The van der Waals surface area contributed by atoms with Crippen LogP contribution >= 0.6 is 24.8 Å². The van der Waals surface area contributed by atoms with Gasteiger partial charge in [0.2, 0.25) is 5.91 Å². The lowest BCUT2D eigenvalue weighted by Gasteiger charge is -2.35. The highest BCUT2D eigenvalue weighted by Crippen LogP contribution is 2.19.